The average molecular weight is 447 g/mol. The lowest BCUT2D eigenvalue weighted by atomic mass is 9.89. The summed E-state index contributed by atoms with van der Waals surface area (Å²) < 4.78 is 13.7. The molecule has 2 unspecified atom stereocenters. The molecule has 2 amide bonds. The van der Waals surface area contributed by atoms with E-state index in [1.54, 1.807) is 11.8 Å². The maximum atomic E-state index is 12.5. The van der Waals surface area contributed by atoms with Crippen LogP contribution in [0.15, 0.2) is 0 Å². The second-order valence-electron chi connectivity index (χ2n) is 10.4. The fraction of sp³-hybridized carbons (Fsp3) is 0.909. The highest BCUT2D eigenvalue weighted by Crippen LogP contribution is 2.26. The minimum atomic E-state index is -1.29. The molecule has 170 valence electrons. The van der Waals surface area contributed by atoms with Gasteiger partial charge in [0.1, 0.15) is 11.0 Å². The van der Waals surface area contributed by atoms with Crippen LogP contribution in [-0.4, -0.2) is 50.2 Å². The molecule has 1 saturated heterocycles. The van der Waals surface area contributed by atoms with E-state index in [4.69, 9.17) is 0 Å². The fourth-order valence-corrected chi connectivity index (χ4v) is 6.02. The summed E-state index contributed by atoms with van der Waals surface area (Å²) in [5.41, 5.74) is 0.582. The molecular weight excluding hydrogens is 404 g/mol. The van der Waals surface area contributed by atoms with E-state index in [0.29, 0.717) is 17.7 Å². The summed E-state index contributed by atoms with van der Waals surface area (Å²) in [5, 5.41) is 2.68. The second-order valence-corrected chi connectivity index (χ2v) is 13.2. The van der Waals surface area contributed by atoms with Gasteiger partial charge in [-0.15, -0.1) is 11.8 Å². The van der Waals surface area contributed by atoms with Crippen molar-refractivity contribution in [3.8, 4) is 0 Å². The molecule has 0 aliphatic carbocycles. The van der Waals surface area contributed by atoms with Crippen molar-refractivity contribution in [2.24, 2.45) is 10.8 Å². The van der Waals surface area contributed by atoms with Gasteiger partial charge in [-0.05, 0) is 35.8 Å². The third-order valence-electron chi connectivity index (χ3n) is 4.94. The molecule has 29 heavy (non-hydrogen) atoms. The van der Waals surface area contributed by atoms with Crippen molar-refractivity contribution in [3.05, 3.63) is 0 Å². The summed E-state index contributed by atoms with van der Waals surface area (Å²) in [4.78, 5) is 24.5. The Morgan fingerprint density at radius 2 is 1.69 bits per heavy atom. The zero-order valence-corrected chi connectivity index (χ0v) is 21.0. The first-order valence-electron chi connectivity index (χ1n) is 11.0. The molecule has 2 atom stereocenters. The van der Waals surface area contributed by atoms with Gasteiger partial charge >= 0.3 is 0 Å². The number of hydrogen-bond acceptors (Lipinski definition) is 4. The standard InChI is InChI=1S/C22H42N2O3S2/c1-21(2,3)12-9-7-8-10-16-28-18-17-29(27)24(20(18)26)15-11-19(25)23-14-13-22(4,5)6/h18H,7-17H2,1-6H3,(H,23,25). The molecule has 0 bridgehead atoms. The first-order valence-corrected chi connectivity index (χ1v) is 13.3. The molecule has 0 radical (unpaired) electrons. The summed E-state index contributed by atoms with van der Waals surface area (Å²) in [6, 6.07) is 0. The number of hydrogen-bond donors (Lipinski definition) is 1. The van der Waals surface area contributed by atoms with Crippen molar-refractivity contribution in [2.45, 2.75) is 91.7 Å². The molecule has 1 fully saturated rings. The van der Waals surface area contributed by atoms with Crippen molar-refractivity contribution >= 4 is 34.6 Å². The predicted octanol–water partition coefficient (Wildman–Crippen LogP) is 4.53. The van der Waals surface area contributed by atoms with Crippen LogP contribution in [-0.2, 0) is 20.6 Å². The monoisotopic (exact) mass is 446 g/mol. The highest BCUT2D eigenvalue weighted by atomic mass is 32.2. The van der Waals surface area contributed by atoms with Gasteiger partial charge in [0.05, 0.1) is 11.0 Å². The number of nitrogens with zero attached hydrogens (tertiary/aromatic N) is 1. The van der Waals surface area contributed by atoms with Gasteiger partial charge in [0.25, 0.3) is 0 Å². The van der Waals surface area contributed by atoms with Gasteiger partial charge in [-0.3, -0.25) is 13.9 Å². The third kappa shape index (κ3) is 12.0. The predicted molar refractivity (Wildman–Crippen MR) is 125 cm³/mol. The first-order chi connectivity index (χ1) is 13.4. The largest absolute Gasteiger partial charge is 0.356 e. The van der Waals surface area contributed by atoms with E-state index in [-0.39, 0.29) is 35.4 Å². The number of unbranched alkanes of at least 4 members (excludes halogenated alkanes) is 3. The molecule has 1 rings (SSSR count). The fourth-order valence-electron chi connectivity index (χ4n) is 3.09. The molecular formula is C22H42N2O3S2. The van der Waals surface area contributed by atoms with Crippen molar-refractivity contribution < 1.29 is 13.8 Å². The molecule has 1 heterocycles. The summed E-state index contributed by atoms with van der Waals surface area (Å²) in [6.45, 7) is 14.1. The Balaban J connectivity index is 2.21. The smallest absolute Gasteiger partial charge is 0.248 e. The Labute approximate surface area is 185 Å². The van der Waals surface area contributed by atoms with E-state index in [1.807, 2.05) is 0 Å². The lowest BCUT2D eigenvalue weighted by molar-refractivity contribution is -0.125. The molecule has 5 nitrogen and oxygen atoms in total. The van der Waals surface area contributed by atoms with E-state index in [2.05, 4.69) is 46.9 Å². The van der Waals surface area contributed by atoms with Crippen LogP contribution in [0.3, 0.4) is 0 Å². The Bertz CT molecular complexity index is 553. The number of thioether (sulfide) groups is 1. The SMILES string of the molecule is CC(C)(C)CCCCCCSC1CS(=O)N(CCC(=O)NCCC(C)(C)C)C1=O. The van der Waals surface area contributed by atoms with Crippen molar-refractivity contribution in [3.63, 3.8) is 0 Å². The normalized spacial score (nSPS) is 20.3. The van der Waals surface area contributed by atoms with Gasteiger partial charge in [-0.2, -0.15) is 0 Å². The van der Waals surface area contributed by atoms with Crippen LogP contribution in [0.1, 0.15) is 86.5 Å². The van der Waals surface area contributed by atoms with Crippen LogP contribution in [0.5, 0.6) is 0 Å². The first kappa shape index (κ1) is 26.5. The van der Waals surface area contributed by atoms with E-state index in [0.717, 1.165) is 18.6 Å². The van der Waals surface area contributed by atoms with E-state index in [9.17, 15) is 13.8 Å². The Kier molecular flexibility index (Phi) is 11.3. The van der Waals surface area contributed by atoms with Crippen LogP contribution < -0.4 is 5.32 Å². The van der Waals surface area contributed by atoms with Gasteiger partial charge in [0.2, 0.25) is 11.8 Å². The van der Waals surface area contributed by atoms with E-state index in [1.165, 1.54) is 30.0 Å². The maximum absolute atomic E-state index is 12.5. The van der Waals surface area contributed by atoms with Gasteiger partial charge in [0.15, 0.2) is 0 Å². The molecule has 1 aliphatic rings. The molecule has 1 N–H and O–H groups in total. The van der Waals surface area contributed by atoms with Gasteiger partial charge < -0.3 is 5.32 Å². The highest BCUT2D eigenvalue weighted by molar-refractivity contribution is 8.02. The van der Waals surface area contributed by atoms with Crippen LogP contribution >= 0.6 is 11.8 Å². The number of carbonyl (C=O) groups is 2. The van der Waals surface area contributed by atoms with Crippen molar-refractivity contribution in [1.82, 2.24) is 9.62 Å². The van der Waals surface area contributed by atoms with Crippen molar-refractivity contribution in [1.29, 1.82) is 0 Å². The lowest BCUT2D eigenvalue weighted by Gasteiger charge is -2.18. The zero-order chi connectivity index (χ0) is 22.1. The summed E-state index contributed by atoms with van der Waals surface area (Å²) in [5.74, 6) is 1.18. The minimum Gasteiger partial charge on any atom is -0.356 e. The quantitative estimate of drug-likeness (QED) is 0.447. The second kappa shape index (κ2) is 12.3. The Morgan fingerprint density at radius 3 is 2.31 bits per heavy atom. The summed E-state index contributed by atoms with van der Waals surface area (Å²) in [6.07, 6.45) is 7.14. The Hall–Kier alpha value is -0.560. The lowest BCUT2D eigenvalue weighted by Crippen LogP contribution is -2.34. The highest BCUT2D eigenvalue weighted by Gasteiger charge is 2.37. The topological polar surface area (TPSA) is 66.5 Å². The van der Waals surface area contributed by atoms with Crippen LogP contribution in [0.4, 0.5) is 0 Å². The zero-order valence-electron chi connectivity index (χ0n) is 19.3. The van der Waals surface area contributed by atoms with Crippen molar-refractivity contribution in [2.75, 3.05) is 24.6 Å². The number of nitrogens with one attached hydrogen (secondary N) is 1. The van der Waals surface area contributed by atoms with E-state index < -0.39 is 11.0 Å². The van der Waals surface area contributed by atoms with Crippen LogP contribution in [0, 0.1) is 10.8 Å². The summed E-state index contributed by atoms with van der Waals surface area (Å²) >= 11 is 1.63. The van der Waals surface area contributed by atoms with E-state index >= 15 is 0 Å². The average Bonchev–Trinajstić information content (AvgIpc) is 2.83. The number of amides is 2. The molecule has 0 aromatic carbocycles. The van der Waals surface area contributed by atoms with Gasteiger partial charge in [0, 0.05) is 19.5 Å². The number of rotatable bonds is 12. The number of carbonyl (C=O) groups excluding carboxylic acids is 2. The van der Waals surface area contributed by atoms with Gasteiger partial charge in [-0.25, -0.2) is 4.21 Å². The third-order valence-corrected chi connectivity index (χ3v) is 7.92. The molecule has 0 aromatic heterocycles. The Morgan fingerprint density at radius 1 is 1.07 bits per heavy atom. The molecule has 1 aliphatic heterocycles. The molecule has 0 aromatic rings. The molecule has 7 heteroatoms. The minimum absolute atomic E-state index is 0.0662. The maximum Gasteiger partial charge on any atom is 0.248 e. The molecule has 0 saturated carbocycles. The van der Waals surface area contributed by atoms with Crippen LogP contribution in [0.25, 0.3) is 0 Å². The molecule has 0 spiro atoms. The van der Waals surface area contributed by atoms with Gasteiger partial charge in [-0.1, -0.05) is 60.8 Å². The summed E-state index contributed by atoms with van der Waals surface area (Å²) in [7, 11) is -1.29. The van der Waals surface area contributed by atoms with Crippen LogP contribution in [0.2, 0.25) is 0 Å².